The highest BCUT2D eigenvalue weighted by molar-refractivity contribution is 7.92. The van der Waals surface area contributed by atoms with Crippen molar-refractivity contribution in [2.75, 3.05) is 10.8 Å². The Morgan fingerprint density at radius 2 is 1.33 bits per heavy atom. The van der Waals surface area contributed by atoms with Crippen LogP contribution in [0.5, 0.6) is 0 Å². The van der Waals surface area contributed by atoms with E-state index in [4.69, 9.17) is 0 Å². The van der Waals surface area contributed by atoms with E-state index in [1.807, 2.05) is 109 Å². The van der Waals surface area contributed by atoms with Crippen LogP contribution < -0.4 is 9.62 Å². The van der Waals surface area contributed by atoms with Crippen molar-refractivity contribution in [3.63, 3.8) is 0 Å². The highest BCUT2D eigenvalue weighted by atomic mass is 32.2. The summed E-state index contributed by atoms with van der Waals surface area (Å²) in [4.78, 5) is 30.3. The summed E-state index contributed by atoms with van der Waals surface area (Å²) in [5.74, 6) is -0.793. The van der Waals surface area contributed by atoms with E-state index in [1.165, 1.54) is 9.21 Å². The topological polar surface area (TPSA) is 86.8 Å². The third kappa shape index (κ3) is 8.63. The summed E-state index contributed by atoms with van der Waals surface area (Å²) in [6.07, 6.45) is 0.258. The van der Waals surface area contributed by atoms with Crippen LogP contribution in [0.2, 0.25) is 0 Å². The van der Waals surface area contributed by atoms with E-state index in [1.54, 1.807) is 36.4 Å². The predicted octanol–water partition coefficient (Wildman–Crippen LogP) is 6.67. The van der Waals surface area contributed by atoms with Gasteiger partial charge in [0, 0.05) is 18.5 Å². The number of amides is 2. The van der Waals surface area contributed by atoms with Crippen molar-refractivity contribution in [3.05, 3.63) is 130 Å². The molecule has 1 atom stereocenters. The largest absolute Gasteiger partial charge is 0.350 e. The van der Waals surface area contributed by atoms with E-state index in [0.29, 0.717) is 5.69 Å². The molecule has 8 heteroatoms. The van der Waals surface area contributed by atoms with Gasteiger partial charge < -0.3 is 10.2 Å². The van der Waals surface area contributed by atoms with E-state index in [0.717, 1.165) is 33.4 Å². The van der Waals surface area contributed by atoms with Gasteiger partial charge in [-0.3, -0.25) is 13.9 Å². The smallest absolute Gasteiger partial charge is 0.264 e. The number of sulfonamides is 1. The maximum absolute atomic E-state index is 14.7. The average molecular weight is 640 g/mol. The summed E-state index contributed by atoms with van der Waals surface area (Å²) in [5, 5.41) is 3.07. The highest BCUT2D eigenvalue weighted by Crippen LogP contribution is 2.29. The molecular formula is C38H45N3O4S. The van der Waals surface area contributed by atoms with Crippen LogP contribution in [0.15, 0.2) is 102 Å². The van der Waals surface area contributed by atoms with Gasteiger partial charge in [-0.05, 0) is 88.9 Å². The number of nitrogens with one attached hydrogen (secondary N) is 1. The summed E-state index contributed by atoms with van der Waals surface area (Å²) < 4.78 is 29.8. The minimum atomic E-state index is -4.17. The van der Waals surface area contributed by atoms with Crippen LogP contribution in [0.4, 0.5) is 5.69 Å². The Balaban J connectivity index is 1.84. The lowest BCUT2D eigenvalue weighted by molar-refractivity contribution is -0.140. The number of carbonyl (C=O) groups excluding carboxylic acids is 2. The van der Waals surface area contributed by atoms with Gasteiger partial charge in [0.2, 0.25) is 11.8 Å². The highest BCUT2D eigenvalue weighted by Gasteiger charge is 2.36. The molecule has 242 valence electrons. The minimum Gasteiger partial charge on any atom is -0.350 e. The number of nitrogens with zero attached hydrogens (tertiary/aromatic N) is 2. The van der Waals surface area contributed by atoms with Crippen molar-refractivity contribution in [2.24, 2.45) is 0 Å². The van der Waals surface area contributed by atoms with E-state index < -0.39 is 34.1 Å². The van der Waals surface area contributed by atoms with E-state index in [9.17, 15) is 18.0 Å². The first-order valence-corrected chi connectivity index (χ1v) is 17.0. The van der Waals surface area contributed by atoms with Gasteiger partial charge in [0.25, 0.3) is 10.0 Å². The lowest BCUT2D eigenvalue weighted by atomic mass is 10.0. The molecule has 0 aliphatic rings. The first kappa shape index (κ1) is 34.4. The molecule has 46 heavy (non-hydrogen) atoms. The van der Waals surface area contributed by atoms with E-state index in [2.05, 4.69) is 5.32 Å². The van der Waals surface area contributed by atoms with Crippen LogP contribution in [-0.4, -0.2) is 43.3 Å². The third-order valence-electron chi connectivity index (χ3n) is 7.98. The molecule has 0 saturated heterocycles. The quantitative estimate of drug-likeness (QED) is 0.199. The molecule has 0 bridgehead atoms. The van der Waals surface area contributed by atoms with Crippen molar-refractivity contribution >= 4 is 27.5 Å². The number of carbonyl (C=O) groups is 2. The van der Waals surface area contributed by atoms with Crippen molar-refractivity contribution in [1.82, 2.24) is 10.2 Å². The van der Waals surface area contributed by atoms with Crippen LogP contribution in [0.1, 0.15) is 54.2 Å². The summed E-state index contributed by atoms with van der Waals surface area (Å²) in [5.41, 5.74) is 5.23. The van der Waals surface area contributed by atoms with E-state index in [-0.39, 0.29) is 23.8 Å². The first-order chi connectivity index (χ1) is 21.7. The Morgan fingerprint density at radius 3 is 1.91 bits per heavy atom. The monoisotopic (exact) mass is 639 g/mol. The Bertz CT molecular complexity index is 1760. The Morgan fingerprint density at radius 1 is 0.739 bits per heavy atom. The maximum Gasteiger partial charge on any atom is 0.264 e. The van der Waals surface area contributed by atoms with Crippen LogP contribution in [-0.2, 0) is 32.6 Å². The van der Waals surface area contributed by atoms with Gasteiger partial charge in [-0.1, -0.05) is 90.0 Å². The van der Waals surface area contributed by atoms with Gasteiger partial charge in [0.05, 0.1) is 10.6 Å². The molecule has 4 aromatic carbocycles. The van der Waals surface area contributed by atoms with Gasteiger partial charge in [-0.15, -0.1) is 0 Å². The molecule has 4 rings (SSSR count). The van der Waals surface area contributed by atoms with Crippen molar-refractivity contribution in [2.45, 2.75) is 77.9 Å². The number of anilines is 1. The first-order valence-electron chi connectivity index (χ1n) is 15.5. The molecule has 4 aromatic rings. The van der Waals surface area contributed by atoms with Crippen LogP contribution in [0.25, 0.3) is 0 Å². The van der Waals surface area contributed by atoms with Crippen molar-refractivity contribution in [3.8, 4) is 0 Å². The second-order valence-electron chi connectivity index (χ2n) is 13.0. The fourth-order valence-corrected chi connectivity index (χ4v) is 6.73. The maximum atomic E-state index is 14.7. The molecule has 0 heterocycles. The minimum absolute atomic E-state index is 0.0863. The SMILES string of the molecule is Cc1ccc(CN(C(=O)CN(c2cccc(C)c2C)S(=O)(=O)c2ccc(C)cc2)[C@H](Cc2ccccc2)C(=O)NC(C)(C)C)cc1. The average Bonchev–Trinajstić information content (AvgIpc) is 3.00. The fraction of sp³-hybridized carbons (Fsp3) is 0.316. The second kappa shape index (κ2) is 14.3. The zero-order chi connectivity index (χ0) is 33.6. The van der Waals surface area contributed by atoms with Gasteiger partial charge in [0.15, 0.2) is 0 Å². The summed E-state index contributed by atoms with van der Waals surface area (Å²) in [6.45, 7) is 13.0. The Kier molecular flexibility index (Phi) is 10.7. The Labute approximate surface area is 274 Å². The number of aryl methyl sites for hydroxylation is 3. The van der Waals surface area contributed by atoms with Crippen LogP contribution >= 0.6 is 0 Å². The Hall–Kier alpha value is -4.43. The molecule has 7 nitrogen and oxygen atoms in total. The summed E-state index contributed by atoms with van der Waals surface area (Å²) in [6, 6.07) is 28.5. The number of benzene rings is 4. The number of hydrogen-bond acceptors (Lipinski definition) is 4. The fourth-order valence-electron chi connectivity index (χ4n) is 5.25. The summed E-state index contributed by atoms with van der Waals surface area (Å²) in [7, 11) is -4.17. The van der Waals surface area contributed by atoms with Crippen molar-refractivity contribution in [1.29, 1.82) is 0 Å². The molecule has 0 saturated carbocycles. The van der Waals surface area contributed by atoms with Gasteiger partial charge in [0.1, 0.15) is 12.6 Å². The normalized spacial score (nSPS) is 12.3. The molecular weight excluding hydrogens is 595 g/mol. The molecule has 0 radical (unpaired) electrons. The zero-order valence-corrected chi connectivity index (χ0v) is 28.7. The van der Waals surface area contributed by atoms with Gasteiger partial charge in [-0.2, -0.15) is 0 Å². The lowest BCUT2D eigenvalue weighted by Gasteiger charge is -2.35. The second-order valence-corrected chi connectivity index (χ2v) is 14.9. The number of hydrogen-bond donors (Lipinski definition) is 1. The van der Waals surface area contributed by atoms with Gasteiger partial charge in [-0.25, -0.2) is 8.42 Å². The van der Waals surface area contributed by atoms with Crippen LogP contribution in [0.3, 0.4) is 0 Å². The molecule has 2 amide bonds. The lowest BCUT2D eigenvalue weighted by Crippen LogP contribution is -2.56. The summed E-state index contributed by atoms with van der Waals surface area (Å²) >= 11 is 0. The number of rotatable bonds is 11. The molecule has 0 spiro atoms. The third-order valence-corrected chi connectivity index (χ3v) is 9.75. The molecule has 0 fully saturated rings. The molecule has 1 N–H and O–H groups in total. The standard InChI is InChI=1S/C38H45N3O4S/c1-27-16-20-32(21-17-27)25-40(35(37(43)39-38(5,6)7)24-31-13-9-8-10-14-31)36(42)26-41(34-15-11-12-29(3)30(34)4)46(44,45)33-22-18-28(2)19-23-33/h8-23,35H,24-26H2,1-7H3,(H,39,43)/t35-/m1/s1. The predicted molar refractivity (Wildman–Crippen MR) is 185 cm³/mol. The zero-order valence-electron chi connectivity index (χ0n) is 27.9. The molecule has 0 aliphatic heterocycles. The molecule has 0 aromatic heterocycles. The van der Waals surface area contributed by atoms with Gasteiger partial charge >= 0.3 is 0 Å². The van der Waals surface area contributed by atoms with Crippen molar-refractivity contribution < 1.29 is 18.0 Å². The van der Waals surface area contributed by atoms with E-state index >= 15 is 0 Å². The molecule has 0 aliphatic carbocycles. The molecule has 0 unspecified atom stereocenters. The van der Waals surface area contributed by atoms with Crippen LogP contribution in [0, 0.1) is 27.7 Å².